The minimum absolute atomic E-state index is 0.220. The lowest BCUT2D eigenvalue weighted by Gasteiger charge is -2.23. The minimum atomic E-state index is -0.522. The lowest BCUT2D eigenvalue weighted by atomic mass is 10.1. The van der Waals surface area contributed by atoms with Gasteiger partial charge in [-0.15, -0.1) is 17.2 Å². The van der Waals surface area contributed by atoms with Crippen LogP contribution < -0.4 is 15.0 Å². The van der Waals surface area contributed by atoms with Gasteiger partial charge in [-0.3, -0.25) is 0 Å². The Hall–Kier alpha value is -2.22. The summed E-state index contributed by atoms with van der Waals surface area (Å²) < 4.78 is 17.8. The second-order valence-electron chi connectivity index (χ2n) is 9.56. The van der Waals surface area contributed by atoms with Crippen molar-refractivity contribution >= 4 is 17.7 Å². The summed E-state index contributed by atoms with van der Waals surface area (Å²) in [6.07, 6.45) is 1.80. The number of carbonyl (C=O) groups is 1. The molecule has 7 heteroatoms. The fourth-order valence-corrected chi connectivity index (χ4v) is 2.90. The zero-order valence-electron chi connectivity index (χ0n) is 20.3. The molecule has 0 aliphatic heterocycles. The SMILES string of the molecule is CSc1ccc(Oc2cc(OC(C)COC(C)(C)C)cc(C(=O)ONC(C)(C)C)c2)cc1. The van der Waals surface area contributed by atoms with Gasteiger partial charge < -0.3 is 19.0 Å². The van der Waals surface area contributed by atoms with Crippen molar-refractivity contribution in [3.63, 3.8) is 0 Å². The number of hydrogen-bond acceptors (Lipinski definition) is 7. The summed E-state index contributed by atoms with van der Waals surface area (Å²) >= 11 is 1.66. The van der Waals surface area contributed by atoms with Gasteiger partial charge in [0.25, 0.3) is 0 Å². The van der Waals surface area contributed by atoms with Gasteiger partial charge in [-0.25, -0.2) is 4.79 Å². The van der Waals surface area contributed by atoms with E-state index in [1.807, 2.05) is 79.0 Å². The first kappa shape index (κ1) is 26.0. The van der Waals surface area contributed by atoms with Crippen molar-refractivity contribution in [2.45, 2.75) is 70.6 Å². The van der Waals surface area contributed by atoms with Crippen LogP contribution in [0, 0.1) is 0 Å². The fraction of sp³-hybridized carbons (Fsp3) is 0.480. The molecule has 0 aromatic heterocycles. The largest absolute Gasteiger partial charge is 0.488 e. The molecule has 32 heavy (non-hydrogen) atoms. The van der Waals surface area contributed by atoms with Crippen LogP contribution in [-0.4, -0.2) is 36.1 Å². The highest BCUT2D eigenvalue weighted by Gasteiger charge is 2.18. The molecule has 0 fully saturated rings. The van der Waals surface area contributed by atoms with E-state index in [9.17, 15) is 4.79 Å². The Labute approximate surface area is 195 Å². The molecule has 0 spiro atoms. The van der Waals surface area contributed by atoms with Crippen LogP contribution >= 0.6 is 11.8 Å². The maximum atomic E-state index is 12.7. The zero-order chi connectivity index (χ0) is 23.9. The third kappa shape index (κ3) is 9.51. The normalized spacial score (nSPS) is 12.9. The van der Waals surface area contributed by atoms with Crippen LogP contribution in [0.25, 0.3) is 0 Å². The molecule has 0 radical (unpaired) electrons. The molecule has 176 valence electrons. The molecular formula is C25H35NO5S. The molecule has 2 aromatic rings. The van der Waals surface area contributed by atoms with E-state index in [2.05, 4.69) is 5.48 Å². The average Bonchev–Trinajstić information content (AvgIpc) is 2.70. The average molecular weight is 462 g/mol. The molecule has 1 unspecified atom stereocenters. The molecule has 6 nitrogen and oxygen atoms in total. The van der Waals surface area contributed by atoms with Gasteiger partial charge in [-0.05, 0) is 91.1 Å². The molecule has 2 aromatic carbocycles. The predicted molar refractivity (Wildman–Crippen MR) is 129 cm³/mol. The summed E-state index contributed by atoms with van der Waals surface area (Å²) in [6.45, 7) is 14.0. The van der Waals surface area contributed by atoms with Crippen molar-refractivity contribution in [2.24, 2.45) is 0 Å². The van der Waals surface area contributed by atoms with Gasteiger partial charge in [0.2, 0.25) is 0 Å². The zero-order valence-corrected chi connectivity index (χ0v) is 21.1. The van der Waals surface area contributed by atoms with E-state index in [4.69, 9.17) is 19.0 Å². The lowest BCUT2D eigenvalue weighted by molar-refractivity contribution is -0.0374. The van der Waals surface area contributed by atoms with Crippen LogP contribution in [0.2, 0.25) is 0 Å². The Kier molecular flexibility index (Phi) is 9.01. The van der Waals surface area contributed by atoms with E-state index in [-0.39, 0.29) is 17.2 Å². The van der Waals surface area contributed by atoms with Crippen LogP contribution in [0.15, 0.2) is 47.4 Å². The smallest absolute Gasteiger partial charge is 0.357 e. The van der Waals surface area contributed by atoms with Crippen LogP contribution in [0.1, 0.15) is 58.8 Å². The van der Waals surface area contributed by atoms with Gasteiger partial charge in [0.1, 0.15) is 23.4 Å². The Morgan fingerprint density at radius 1 is 0.969 bits per heavy atom. The van der Waals surface area contributed by atoms with E-state index < -0.39 is 5.97 Å². The second kappa shape index (κ2) is 11.1. The summed E-state index contributed by atoms with van der Waals surface area (Å²) in [5.74, 6) is 1.12. The number of ether oxygens (including phenoxy) is 3. The van der Waals surface area contributed by atoms with Crippen LogP contribution in [0.5, 0.6) is 17.2 Å². The quantitative estimate of drug-likeness (QED) is 0.350. The van der Waals surface area contributed by atoms with Crippen molar-refractivity contribution in [3.05, 3.63) is 48.0 Å². The van der Waals surface area contributed by atoms with Gasteiger partial charge in [0.05, 0.1) is 17.8 Å². The van der Waals surface area contributed by atoms with E-state index in [1.54, 1.807) is 30.0 Å². The molecule has 0 saturated heterocycles. The first-order valence-corrected chi connectivity index (χ1v) is 11.8. The molecular weight excluding hydrogens is 426 g/mol. The molecule has 0 heterocycles. The van der Waals surface area contributed by atoms with Gasteiger partial charge >= 0.3 is 5.97 Å². The lowest BCUT2D eigenvalue weighted by Crippen LogP contribution is -2.37. The Balaban J connectivity index is 2.24. The molecule has 0 bridgehead atoms. The molecule has 0 aliphatic carbocycles. The summed E-state index contributed by atoms with van der Waals surface area (Å²) in [7, 11) is 0. The standard InChI is InChI=1S/C25H35NO5S/c1-17(16-28-25(5,6)7)29-20-13-18(23(27)31-26-24(2,3)4)14-21(15-20)30-19-9-11-22(32-8)12-10-19/h9-15,17,26H,16H2,1-8H3. The van der Waals surface area contributed by atoms with Crippen molar-refractivity contribution in [3.8, 4) is 17.2 Å². The third-order valence-corrected chi connectivity index (χ3v) is 4.69. The molecule has 1 N–H and O–H groups in total. The Morgan fingerprint density at radius 2 is 1.59 bits per heavy atom. The van der Waals surface area contributed by atoms with Gasteiger partial charge in [-0.2, -0.15) is 0 Å². The van der Waals surface area contributed by atoms with Crippen LogP contribution in [-0.2, 0) is 9.57 Å². The van der Waals surface area contributed by atoms with Gasteiger partial charge in [0.15, 0.2) is 0 Å². The molecule has 1 atom stereocenters. The molecule has 0 aliphatic rings. The molecule has 0 saturated carbocycles. The number of nitrogens with one attached hydrogen (secondary N) is 1. The number of carbonyl (C=O) groups excluding carboxylic acids is 1. The topological polar surface area (TPSA) is 66.0 Å². The first-order valence-electron chi connectivity index (χ1n) is 10.6. The van der Waals surface area contributed by atoms with Crippen molar-refractivity contribution in [1.29, 1.82) is 0 Å². The van der Waals surface area contributed by atoms with Crippen LogP contribution in [0.3, 0.4) is 0 Å². The number of hydrogen-bond donors (Lipinski definition) is 1. The van der Waals surface area contributed by atoms with Gasteiger partial charge in [0, 0.05) is 16.5 Å². The summed E-state index contributed by atoms with van der Waals surface area (Å²) in [5, 5.41) is 0. The Bertz CT molecular complexity index is 885. The maximum absolute atomic E-state index is 12.7. The van der Waals surface area contributed by atoms with Crippen molar-refractivity contribution in [1.82, 2.24) is 5.48 Å². The maximum Gasteiger partial charge on any atom is 0.357 e. The molecule has 0 amide bonds. The van der Waals surface area contributed by atoms with E-state index in [0.29, 0.717) is 29.4 Å². The number of rotatable bonds is 9. The summed E-state index contributed by atoms with van der Waals surface area (Å²) in [5.41, 5.74) is 2.43. The third-order valence-electron chi connectivity index (χ3n) is 3.95. The van der Waals surface area contributed by atoms with Crippen LogP contribution in [0.4, 0.5) is 0 Å². The monoisotopic (exact) mass is 461 g/mol. The summed E-state index contributed by atoms with van der Waals surface area (Å²) in [4.78, 5) is 19.0. The minimum Gasteiger partial charge on any atom is -0.488 e. The number of benzene rings is 2. The predicted octanol–water partition coefficient (Wildman–Crippen LogP) is 6.24. The first-order chi connectivity index (χ1) is 14.8. The number of thioether (sulfide) groups is 1. The second-order valence-corrected chi connectivity index (χ2v) is 10.4. The van der Waals surface area contributed by atoms with Crippen molar-refractivity contribution in [2.75, 3.05) is 12.9 Å². The van der Waals surface area contributed by atoms with E-state index >= 15 is 0 Å². The summed E-state index contributed by atoms with van der Waals surface area (Å²) in [6, 6.07) is 12.8. The fourth-order valence-electron chi connectivity index (χ4n) is 2.49. The van der Waals surface area contributed by atoms with Crippen molar-refractivity contribution < 1.29 is 23.8 Å². The highest BCUT2D eigenvalue weighted by molar-refractivity contribution is 7.98. The van der Waals surface area contributed by atoms with E-state index in [0.717, 1.165) is 4.90 Å². The Morgan fingerprint density at radius 3 is 2.16 bits per heavy atom. The van der Waals surface area contributed by atoms with E-state index in [1.165, 1.54) is 0 Å². The number of hydroxylamine groups is 1. The highest BCUT2D eigenvalue weighted by Crippen LogP contribution is 2.30. The van der Waals surface area contributed by atoms with Gasteiger partial charge in [-0.1, -0.05) is 0 Å². The highest BCUT2D eigenvalue weighted by atomic mass is 32.2. The molecule has 2 rings (SSSR count).